The summed E-state index contributed by atoms with van der Waals surface area (Å²) in [6.45, 7) is 3.40. The molecule has 1 aliphatic heterocycles. The van der Waals surface area contributed by atoms with Crippen molar-refractivity contribution in [2.75, 3.05) is 32.1 Å². The first-order valence-electron chi connectivity index (χ1n) is 5.07. The van der Waals surface area contributed by atoms with Gasteiger partial charge in [-0.15, -0.1) is 11.3 Å². The van der Waals surface area contributed by atoms with E-state index in [9.17, 15) is 5.11 Å². The van der Waals surface area contributed by atoms with Crippen LogP contribution in [0.4, 0.5) is 5.13 Å². The third-order valence-electron chi connectivity index (χ3n) is 2.66. The monoisotopic (exact) mass is 227 g/mol. The number of anilines is 1. The molecule has 1 aromatic rings. The highest BCUT2D eigenvalue weighted by molar-refractivity contribution is 7.15. The second-order valence-electron chi connectivity index (χ2n) is 4.40. The van der Waals surface area contributed by atoms with Gasteiger partial charge in [0.15, 0.2) is 5.13 Å². The van der Waals surface area contributed by atoms with Gasteiger partial charge in [0, 0.05) is 38.5 Å². The zero-order chi connectivity index (χ0) is 11.1. The molecule has 1 aromatic heterocycles. The Morgan fingerprint density at radius 1 is 1.53 bits per heavy atom. The minimum absolute atomic E-state index is 0.541. The van der Waals surface area contributed by atoms with Crippen LogP contribution in [0, 0.1) is 6.92 Å². The van der Waals surface area contributed by atoms with E-state index < -0.39 is 5.60 Å². The van der Waals surface area contributed by atoms with Crippen molar-refractivity contribution in [2.24, 2.45) is 0 Å². The highest BCUT2D eigenvalue weighted by atomic mass is 32.1. The van der Waals surface area contributed by atoms with E-state index in [1.807, 2.05) is 25.9 Å². The molecule has 0 bridgehead atoms. The number of hydrogen-bond donors (Lipinski definition) is 2. The Kier molecular flexibility index (Phi) is 2.70. The van der Waals surface area contributed by atoms with Crippen LogP contribution in [0.3, 0.4) is 0 Å². The lowest BCUT2D eigenvalue weighted by Gasteiger charge is -2.37. The third-order valence-corrected chi connectivity index (χ3v) is 3.99. The predicted molar refractivity (Wildman–Crippen MR) is 62.7 cm³/mol. The summed E-state index contributed by atoms with van der Waals surface area (Å²) in [7, 11) is 3.98. The number of β-amino-alcohol motifs (C(OH)–C–C–N with tert-alkyl or cyclic N) is 1. The maximum absolute atomic E-state index is 10.0. The van der Waals surface area contributed by atoms with Gasteiger partial charge in [0.25, 0.3) is 0 Å². The molecule has 2 rings (SSSR count). The molecule has 0 saturated carbocycles. The smallest absolute Gasteiger partial charge is 0.185 e. The minimum atomic E-state index is -0.541. The van der Waals surface area contributed by atoms with E-state index in [4.69, 9.17) is 0 Å². The summed E-state index contributed by atoms with van der Waals surface area (Å²) in [5, 5.41) is 14.1. The first kappa shape index (κ1) is 10.9. The number of nitrogens with zero attached hydrogens (tertiary/aromatic N) is 2. The standard InChI is InChI=1S/C10H17N3OS/c1-7-8(4-10(14)5-11-6-10)15-9(12-7)13(2)3/h11,14H,4-6H2,1-3H3. The molecular formula is C10H17N3OS. The molecule has 0 atom stereocenters. The summed E-state index contributed by atoms with van der Waals surface area (Å²) in [4.78, 5) is 7.67. The SMILES string of the molecule is Cc1nc(N(C)C)sc1CC1(O)CNC1. The third kappa shape index (κ3) is 2.14. The average molecular weight is 227 g/mol. The molecule has 1 fully saturated rings. The fraction of sp³-hybridized carbons (Fsp3) is 0.700. The van der Waals surface area contributed by atoms with Crippen LogP contribution in [0.1, 0.15) is 10.6 Å². The van der Waals surface area contributed by atoms with Gasteiger partial charge in [-0.25, -0.2) is 4.98 Å². The van der Waals surface area contributed by atoms with Crippen molar-refractivity contribution in [3.8, 4) is 0 Å². The van der Waals surface area contributed by atoms with Crippen molar-refractivity contribution in [3.63, 3.8) is 0 Å². The minimum Gasteiger partial charge on any atom is -0.387 e. The highest BCUT2D eigenvalue weighted by Gasteiger charge is 2.35. The zero-order valence-corrected chi connectivity index (χ0v) is 10.2. The molecule has 84 valence electrons. The van der Waals surface area contributed by atoms with Crippen LogP contribution in [-0.2, 0) is 6.42 Å². The molecule has 0 spiro atoms. The number of hydrogen-bond acceptors (Lipinski definition) is 5. The maximum atomic E-state index is 10.0. The van der Waals surface area contributed by atoms with Crippen molar-refractivity contribution in [1.82, 2.24) is 10.3 Å². The van der Waals surface area contributed by atoms with Crippen molar-refractivity contribution < 1.29 is 5.11 Å². The van der Waals surface area contributed by atoms with Crippen LogP contribution in [-0.4, -0.2) is 42.9 Å². The number of rotatable bonds is 3. The van der Waals surface area contributed by atoms with Crippen LogP contribution in [0.2, 0.25) is 0 Å². The largest absolute Gasteiger partial charge is 0.387 e. The second-order valence-corrected chi connectivity index (χ2v) is 5.47. The average Bonchev–Trinajstić information content (AvgIpc) is 2.45. The number of nitrogens with one attached hydrogen (secondary N) is 1. The lowest BCUT2D eigenvalue weighted by molar-refractivity contribution is -0.00849. The Morgan fingerprint density at radius 3 is 2.60 bits per heavy atom. The second kappa shape index (κ2) is 3.73. The molecule has 0 aliphatic carbocycles. The normalized spacial score (nSPS) is 18.7. The van der Waals surface area contributed by atoms with Crippen LogP contribution in [0.15, 0.2) is 0 Å². The van der Waals surface area contributed by atoms with Gasteiger partial charge in [-0.1, -0.05) is 0 Å². The number of thiazole rings is 1. The van der Waals surface area contributed by atoms with E-state index in [0.29, 0.717) is 13.1 Å². The van der Waals surface area contributed by atoms with Crippen molar-refractivity contribution in [2.45, 2.75) is 18.9 Å². The molecule has 2 heterocycles. The molecule has 0 radical (unpaired) electrons. The fourth-order valence-corrected chi connectivity index (χ4v) is 2.73. The summed E-state index contributed by atoms with van der Waals surface area (Å²) in [6, 6.07) is 0. The summed E-state index contributed by atoms with van der Waals surface area (Å²) in [6.07, 6.45) is 0.720. The Morgan fingerprint density at radius 2 is 2.20 bits per heavy atom. The molecule has 15 heavy (non-hydrogen) atoms. The van der Waals surface area contributed by atoms with E-state index >= 15 is 0 Å². The number of aliphatic hydroxyl groups is 1. The topological polar surface area (TPSA) is 48.4 Å². The van der Waals surface area contributed by atoms with Crippen LogP contribution in [0.5, 0.6) is 0 Å². The van der Waals surface area contributed by atoms with Gasteiger partial charge in [0.2, 0.25) is 0 Å². The highest BCUT2D eigenvalue weighted by Crippen LogP contribution is 2.29. The summed E-state index contributed by atoms with van der Waals surface area (Å²) in [5.74, 6) is 0. The van der Waals surface area contributed by atoms with Crippen molar-refractivity contribution in [3.05, 3.63) is 10.6 Å². The zero-order valence-electron chi connectivity index (χ0n) is 9.37. The lowest BCUT2D eigenvalue weighted by atomic mass is 9.92. The Hall–Kier alpha value is -0.650. The number of aromatic nitrogens is 1. The molecular weight excluding hydrogens is 210 g/mol. The molecule has 0 aromatic carbocycles. The van der Waals surface area contributed by atoms with Crippen LogP contribution in [0.25, 0.3) is 0 Å². The van der Waals surface area contributed by atoms with Gasteiger partial charge in [0.1, 0.15) is 0 Å². The van der Waals surface area contributed by atoms with Crippen LogP contribution < -0.4 is 10.2 Å². The first-order valence-corrected chi connectivity index (χ1v) is 5.88. The Balaban J connectivity index is 2.14. The summed E-state index contributed by atoms with van der Waals surface area (Å²) in [5.41, 5.74) is 0.505. The molecule has 5 heteroatoms. The van der Waals surface area contributed by atoms with Gasteiger partial charge in [-0.2, -0.15) is 0 Å². The van der Waals surface area contributed by atoms with E-state index in [2.05, 4.69) is 10.3 Å². The van der Waals surface area contributed by atoms with Crippen LogP contribution >= 0.6 is 11.3 Å². The molecule has 2 N–H and O–H groups in total. The van der Waals surface area contributed by atoms with E-state index in [1.54, 1.807) is 11.3 Å². The van der Waals surface area contributed by atoms with E-state index in [0.717, 1.165) is 17.2 Å². The van der Waals surface area contributed by atoms with Gasteiger partial charge in [-0.3, -0.25) is 0 Å². The lowest BCUT2D eigenvalue weighted by Crippen LogP contribution is -2.60. The van der Waals surface area contributed by atoms with Crippen molar-refractivity contribution >= 4 is 16.5 Å². The summed E-state index contributed by atoms with van der Waals surface area (Å²) >= 11 is 1.67. The summed E-state index contributed by atoms with van der Waals surface area (Å²) < 4.78 is 0. The van der Waals surface area contributed by atoms with Gasteiger partial charge < -0.3 is 15.3 Å². The molecule has 0 unspecified atom stereocenters. The van der Waals surface area contributed by atoms with E-state index in [1.165, 1.54) is 4.88 Å². The van der Waals surface area contributed by atoms with Gasteiger partial charge in [-0.05, 0) is 6.92 Å². The Bertz CT molecular complexity index is 358. The van der Waals surface area contributed by atoms with Gasteiger partial charge >= 0.3 is 0 Å². The quantitative estimate of drug-likeness (QED) is 0.784. The molecule has 1 saturated heterocycles. The fourth-order valence-electron chi connectivity index (χ4n) is 1.61. The van der Waals surface area contributed by atoms with E-state index in [-0.39, 0.29) is 0 Å². The molecule has 1 aliphatic rings. The first-order chi connectivity index (χ1) is 7.00. The van der Waals surface area contributed by atoms with Crippen molar-refractivity contribution in [1.29, 1.82) is 0 Å². The van der Waals surface area contributed by atoms with Gasteiger partial charge in [0.05, 0.1) is 11.3 Å². The maximum Gasteiger partial charge on any atom is 0.185 e. The number of aryl methyl sites for hydroxylation is 1. The molecule has 0 amide bonds. The Labute approximate surface area is 93.9 Å². The molecule has 4 nitrogen and oxygen atoms in total. The predicted octanol–water partition coefficient (Wildman–Crippen LogP) is 0.394.